The second-order valence-electron chi connectivity index (χ2n) is 12.1. The molecule has 258 valence electrons. The summed E-state index contributed by atoms with van der Waals surface area (Å²) in [6.07, 6.45) is 3.05. The third kappa shape index (κ3) is 5.06. The molecule has 0 saturated heterocycles. The van der Waals surface area contributed by atoms with E-state index in [1.54, 1.807) is 38.2 Å². The molecule has 0 saturated carbocycles. The van der Waals surface area contributed by atoms with Crippen molar-refractivity contribution < 1.29 is 28.9 Å². The summed E-state index contributed by atoms with van der Waals surface area (Å²) in [5.41, 5.74) is 1.31. The minimum atomic E-state index is -0.775. The van der Waals surface area contributed by atoms with Crippen molar-refractivity contribution in [2.45, 2.75) is 44.8 Å². The Kier molecular flexibility index (Phi) is 8.25. The van der Waals surface area contributed by atoms with Crippen LogP contribution < -0.4 is 31.1 Å². The van der Waals surface area contributed by atoms with Crippen LogP contribution in [-0.2, 0) is 36.1 Å². The van der Waals surface area contributed by atoms with E-state index >= 15 is 0 Å². The summed E-state index contributed by atoms with van der Waals surface area (Å²) in [6.45, 7) is 1.96. The van der Waals surface area contributed by atoms with Crippen LogP contribution in [0.25, 0.3) is 11.0 Å². The number of hydrogen-bond acceptors (Lipinski definition) is 10. The Balaban J connectivity index is 1.30. The summed E-state index contributed by atoms with van der Waals surface area (Å²) in [6, 6.07) is 7.28. The smallest absolute Gasteiger partial charge is 0.347 e. The third-order valence-corrected chi connectivity index (χ3v) is 10.1. The minimum Gasteiger partial charge on any atom is -0.504 e. The van der Waals surface area contributed by atoms with Crippen molar-refractivity contribution in [3.8, 4) is 23.0 Å². The van der Waals surface area contributed by atoms with E-state index in [-0.39, 0.29) is 82.5 Å². The summed E-state index contributed by atoms with van der Waals surface area (Å²) >= 11 is 3.22. The fraction of sp³-hybridized carbons (Fsp3) is 0.314. The zero-order valence-corrected chi connectivity index (χ0v) is 29.1. The molecule has 3 aliphatic rings. The first-order valence-electron chi connectivity index (χ1n) is 15.9. The topological polar surface area (TPSA) is 166 Å². The molecule has 0 amide bonds. The van der Waals surface area contributed by atoms with Crippen LogP contribution >= 0.6 is 15.9 Å². The molecule has 0 fully saturated rings. The van der Waals surface area contributed by atoms with Gasteiger partial charge in [0, 0.05) is 61.7 Å². The molecule has 1 aliphatic heterocycles. The van der Waals surface area contributed by atoms with E-state index < -0.39 is 23.3 Å². The summed E-state index contributed by atoms with van der Waals surface area (Å²) in [4.78, 5) is 72.8. The van der Waals surface area contributed by atoms with Gasteiger partial charge in [-0.2, -0.15) is 0 Å². The molecular formula is C35H32BrN5O9. The largest absolute Gasteiger partial charge is 0.504 e. The second-order valence-corrected chi connectivity index (χ2v) is 13.0. The highest BCUT2D eigenvalue weighted by Gasteiger charge is 2.45. The maximum absolute atomic E-state index is 14.1. The van der Waals surface area contributed by atoms with Gasteiger partial charge in [0.1, 0.15) is 5.69 Å². The molecule has 1 N–H and O–H groups in total. The van der Waals surface area contributed by atoms with Crippen LogP contribution in [0.3, 0.4) is 0 Å². The molecule has 3 heterocycles. The lowest BCUT2D eigenvalue weighted by molar-refractivity contribution is -0.115. The van der Waals surface area contributed by atoms with Crippen molar-refractivity contribution in [3.05, 3.63) is 106 Å². The average Bonchev–Trinajstić information content (AvgIpc) is 3.36. The highest BCUT2D eigenvalue weighted by atomic mass is 79.9. The Hall–Kier alpha value is -5.44. The SMILES string of the molecule is CCOc1cc([C@H]2C3=CCn4c(=O)n(CCc5nc6cc(OC)c(OC)cc6n(C)c5=O)c(=O)n4[C@@H]3CC3=C2C(=O)C=C(Br)C3=O)ccc1O. The van der Waals surface area contributed by atoms with Crippen molar-refractivity contribution >= 4 is 38.5 Å². The number of phenolic OH excluding ortho intramolecular Hbond substituents is 1. The average molecular weight is 747 g/mol. The minimum absolute atomic E-state index is 0.00299. The first-order valence-corrected chi connectivity index (χ1v) is 16.7. The van der Waals surface area contributed by atoms with Crippen LogP contribution in [0.4, 0.5) is 0 Å². The lowest BCUT2D eigenvalue weighted by atomic mass is 9.69. The van der Waals surface area contributed by atoms with Crippen molar-refractivity contribution in [1.29, 1.82) is 0 Å². The molecular weight excluding hydrogens is 714 g/mol. The summed E-state index contributed by atoms with van der Waals surface area (Å²) < 4.78 is 21.6. The number of carbonyl (C=O) groups is 2. The van der Waals surface area contributed by atoms with Gasteiger partial charge in [-0.1, -0.05) is 12.1 Å². The van der Waals surface area contributed by atoms with Gasteiger partial charge in [0.15, 0.2) is 34.6 Å². The quantitative estimate of drug-likeness (QED) is 0.209. The van der Waals surface area contributed by atoms with Gasteiger partial charge >= 0.3 is 11.4 Å². The van der Waals surface area contributed by atoms with E-state index in [1.807, 2.05) is 6.08 Å². The van der Waals surface area contributed by atoms with Gasteiger partial charge in [-0.15, -0.1) is 0 Å². The Labute approximate surface area is 292 Å². The van der Waals surface area contributed by atoms with E-state index in [0.717, 1.165) is 4.57 Å². The number of methoxy groups -OCH3 is 2. The van der Waals surface area contributed by atoms with Crippen LogP contribution in [0.5, 0.6) is 23.0 Å². The second kappa shape index (κ2) is 12.5. The highest BCUT2D eigenvalue weighted by Crippen LogP contribution is 2.50. The van der Waals surface area contributed by atoms with Gasteiger partial charge in [-0.3, -0.25) is 14.4 Å². The maximum atomic E-state index is 14.1. The monoisotopic (exact) mass is 745 g/mol. The molecule has 0 unspecified atom stereocenters. The highest BCUT2D eigenvalue weighted by molar-refractivity contribution is 9.12. The molecule has 2 aliphatic carbocycles. The number of halogens is 1. The molecule has 4 aromatic rings. The molecule has 7 rings (SSSR count). The Bertz CT molecular complexity index is 2430. The predicted octanol–water partition coefficient (Wildman–Crippen LogP) is 2.82. The first kappa shape index (κ1) is 33.1. The van der Waals surface area contributed by atoms with E-state index in [1.165, 1.54) is 40.3 Å². The van der Waals surface area contributed by atoms with Gasteiger partial charge in [-0.05, 0) is 46.1 Å². The lowest BCUT2D eigenvalue weighted by Crippen LogP contribution is -2.40. The zero-order chi connectivity index (χ0) is 35.6. The number of fused-ring (bicyclic) bond motifs is 4. The molecule has 14 nitrogen and oxygen atoms in total. The predicted molar refractivity (Wildman–Crippen MR) is 185 cm³/mol. The summed E-state index contributed by atoms with van der Waals surface area (Å²) in [5.74, 6) is -0.490. The standard InChI is InChI=1S/C35H32BrN5O9/c1-5-50-27-12-17(6-7-25(27)42)30-18-8-11-40-34(46)39(35(47)41(40)23(18)13-19-31(30)26(43)14-20(36)32(19)44)10-9-21-33(45)38(2)24-16-29(49-4)28(48-3)15-22(24)37-21/h6-8,12,14-16,23,30,42H,5,9-11,13H2,1-4H3/t23-,30+/m1/s1. The number of aromatic hydroxyl groups is 1. The van der Waals surface area contributed by atoms with Crippen molar-refractivity contribution in [3.63, 3.8) is 0 Å². The zero-order valence-electron chi connectivity index (χ0n) is 27.6. The molecule has 2 aromatic carbocycles. The number of benzene rings is 2. The van der Waals surface area contributed by atoms with Gasteiger partial charge in [0.25, 0.3) is 5.56 Å². The number of nitrogens with zero attached hydrogens (tertiary/aromatic N) is 5. The van der Waals surface area contributed by atoms with Crippen molar-refractivity contribution in [2.24, 2.45) is 7.05 Å². The summed E-state index contributed by atoms with van der Waals surface area (Å²) in [5, 5.41) is 10.4. The van der Waals surface area contributed by atoms with Crippen molar-refractivity contribution in [1.82, 2.24) is 23.5 Å². The van der Waals surface area contributed by atoms with Gasteiger partial charge in [0.2, 0.25) is 0 Å². The Morgan fingerprint density at radius 1 is 1.00 bits per heavy atom. The maximum Gasteiger partial charge on any atom is 0.347 e. The fourth-order valence-electron chi connectivity index (χ4n) is 7.17. The Morgan fingerprint density at radius 2 is 1.74 bits per heavy atom. The van der Waals surface area contributed by atoms with Gasteiger partial charge < -0.3 is 23.9 Å². The van der Waals surface area contributed by atoms with Crippen LogP contribution in [0.1, 0.15) is 36.6 Å². The number of ether oxygens (including phenoxy) is 3. The van der Waals surface area contributed by atoms with Crippen molar-refractivity contribution in [2.75, 3.05) is 20.8 Å². The molecule has 15 heteroatoms. The molecule has 0 radical (unpaired) electrons. The summed E-state index contributed by atoms with van der Waals surface area (Å²) in [7, 11) is 4.59. The molecule has 2 aromatic heterocycles. The van der Waals surface area contributed by atoms with E-state index in [2.05, 4.69) is 20.9 Å². The molecule has 2 atom stereocenters. The van der Waals surface area contributed by atoms with Crippen LogP contribution in [-0.4, -0.2) is 61.0 Å². The number of ketones is 2. The Morgan fingerprint density at radius 3 is 2.46 bits per heavy atom. The number of hydrogen-bond donors (Lipinski definition) is 1. The number of allylic oxidation sites excluding steroid dienone is 6. The van der Waals surface area contributed by atoms with Crippen LogP contribution in [0, 0.1) is 0 Å². The molecule has 50 heavy (non-hydrogen) atoms. The normalized spacial score (nSPS) is 18.3. The molecule has 0 spiro atoms. The van der Waals surface area contributed by atoms with Crippen LogP contribution in [0.15, 0.2) is 78.1 Å². The van der Waals surface area contributed by atoms with Crippen LogP contribution in [0.2, 0.25) is 0 Å². The number of phenols is 1. The number of rotatable bonds is 8. The number of carbonyl (C=O) groups excluding carboxylic acids is 2. The van der Waals surface area contributed by atoms with E-state index in [0.29, 0.717) is 33.7 Å². The number of aromatic nitrogens is 5. The number of aryl methyl sites for hydroxylation is 2. The fourth-order valence-corrected chi connectivity index (χ4v) is 7.62. The molecule has 0 bridgehead atoms. The lowest BCUT2D eigenvalue weighted by Gasteiger charge is -2.39. The van der Waals surface area contributed by atoms with E-state index in [4.69, 9.17) is 14.2 Å². The first-order chi connectivity index (χ1) is 24.0. The van der Waals surface area contributed by atoms with Gasteiger partial charge in [-0.25, -0.2) is 28.5 Å². The van der Waals surface area contributed by atoms with E-state index in [9.17, 15) is 29.1 Å². The third-order valence-electron chi connectivity index (χ3n) is 9.52. The number of Topliss-reactive ketones (excluding diaryl/α,β-unsaturated/α-hetero) is 1. The van der Waals surface area contributed by atoms with Gasteiger partial charge in [0.05, 0.1) is 48.9 Å².